The number of nitrogens with one attached hydrogen (secondary N) is 2. The molecule has 0 aliphatic rings. The van der Waals surface area contributed by atoms with Gasteiger partial charge in [-0.3, -0.25) is 9.59 Å². The Morgan fingerprint density at radius 1 is 0.880 bits per heavy atom. The number of hydrogen-bond donors (Lipinski definition) is 2. The highest BCUT2D eigenvalue weighted by Crippen LogP contribution is 2.20. The van der Waals surface area contributed by atoms with E-state index in [-0.39, 0.29) is 0 Å². The molecular weight excluding hydrogens is 333 g/mol. The highest BCUT2D eigenvalue weighted by molar-refractivity contribution is 6.08. The highest BCUT2D eigenvalue weighted by atomic mass is 19.2. The molecular formula is C18H17F3N2O2. The normalized spacial score (nSPS) is 10.6. The Labute approximate surface area is 143 Å². The van der Waals surface area contributed by atoms with Crippen LogP contribution in [0.15, 0.2) is 36.4 Å². The first-order valence-corrected chi connectivity index (χ1v) is 7.61. The predicted molar refractivity (Wildman–Crippen MR) is 88.7 cm³/mol. The Morgan fingerprint density at radius 2 is 1.48 bits per heavy atom. The molecule has 0 aromatic heterocycles. The maximum absolute atomic E-state index is 13.5. The van der Waals surface area contributed by atoms with Gasteiger partial charge in [0.2, 0.25) is 11.8 Å². The molecule has 2 N–H and O–H groups in total. The standard InChI is InChI=1S/C18H17F3N2O2/c1-10(2)11-3-5-12(6-4-11)22-15(24)9-16(25)23-14-8-7-13(19)17(20)18(14)21/h3-8,10H,9H2,1-2H3,(H,22,24)(H,23,25). The molecule has 0 aliphatic carbocycles. The van der Waals surface area contributed by atoms with Crippen LogP contribution in [0, 0.1) is 17.5 Å². The molecule has 2 aromatic carbocycles. The van der Waals surface area contributed by atoms with Crippen molar-refractivity contribution in [2.45, 2.75) is 26.2 Å². The van der Waals surface area contributed by atoms with E-state index in [1.807, 2.05) is 31.3 Å². The Morgan fingerprint density at radius 3 is 2.08 bits per heavy atom. The number of hydrogen-bond acceptors (Lipinski definition) is 2. The number of rotatable bonds is 5. The third-order valence-corrected chi connectivity index (χ3v) is 3.49. The molecule has 2 amide bonds. The molecule has 2 aromatic rings. The van der Waals surface area contributed by atoms with Crippen molar-refractivity contribution in [1.29, 1.82) is 0 Å². The zero-order valence-corrected chi connectivity index (χ0v) is 13.7. The second-order valence-electron chi connectivity index (χ2n) is 5.77. The van der Waals surface area contributed by atoms with Gasteiger partial charge < -0.3 is 10.6 Å². The molecule has 0 atom stereocenters. The van der Waals surface area contributed by atoms with Crippen molar-refractivity contribution in [3.8, 4) is 0 Å². The fourth-order valence-electron chi connectivity index (χ4n) is 2.12. The molecule has 0 aliphatic heterocycles. The molecule has 4 nitrogen and oxygen atoms in total. The molecule has 7 heteroatoms. The van der Waals surface area contributed by atoms with Gasteiger partial charge in [0.05, 0.1) is 5.69 Å². The highest BCUT2D eigenvalue weighted by Gasteiger charge is 2.17. The molecule has 0 bridgehead atoms. The lowest BCUT2D eigenvalue weighted by molar-refractivity contribution is -0.123. The first-order valence-electron chi connectivity index (χ1n) is 7.61. The minimum absolute atomic E-state index is 0.349. The summed E-state index contributed by atoms with van der Waals surface area (Å²) in [6.45, 7) is 4.07. The minimum Gasteiger partial charge on any atom is -0.326 e. The van der Waals surface area contributed by atoms with Crippen LogP contribution in [0.5, 0.6) is 0 Å². The minimum atomic E-state index is -1.69. The lowest BCUT2D eigenvalue weighted by Crippen LogP contribution is -2.22. The van der Waals surface area contributed by atoms with Gasteiger partial charge in [-0.15, -0.1) is 0 Å². The zero-order chi connectivity index (χ0) is 18.6. The van der Waals surface area contributed by atoms with Gasteiger partial charge in [-0.25, -0.2) is 13.2 Å². The molecule has 0 spiro atoms. The van der Waals surface area contributed by atoms with E-state index in [2.05, 4.69) is 5.32 Å². The SMILES string of the molecule is CC(C)c1ccc(NC(=O)CC(=O)Nc2ccc(F)c(F)c2F)cc1. The van der Waals surface area contributed by atoms with E-state index in [0.717, 1.165) is 11.6 Å². The van der Waals surface area contributed by atoms with E-state index < -0.39 is 41.4 Å². The van der Waals surface area contributed by atoms with Crippen LogP contribution in [0.4, 0.5) is 24.5 Å². The molecule has 0 saturated carbocycles. The Hall–Kier alpha value is -2.83. The summed E-state index contributed by atoms with van der Waals surface area (Å²) in [7, 11) is 0. The summed E-state index contributed by atoms with van der Waals surface area (Å²) in [5, 5.41) is 4.57. The number of carbonyl (C=O) groups is 2. The predicted octanol–water partition coefficient (Wildman–Crippen LogP) is 4.19. The maximum atomic E-state index is 13.5. The number of halogens is 3. The largest absolute Gasteiger partial charge is 0.326 e. The zero-order valence-electron chi connectivity index (χ0n) is 13.7. The molecule has 0 heterocycles. The Bertz CT molecular complexity index is 790. The Balaban J connectivity index is 1.94. The average molecular weight is 350 g/mol. The topological polar surface area (TPSA) is 58.2 Å². The van der Waals surface area contributed by atoms with Crippen molar-refractivity contribution < 1.29 is 22.8 Å². The second kappa shape index (κ2) is 7.83. The van der Waals surface area contributed by atoms with Crippen LogP contribution in [0.25, 0.3) is 0 Å². The molecule has 0 unspecified atom stereocenters. The summed E-state index contributed by atoms with van der Waals surface area (Å²) in [6, 6.07) is 8.70. The summed E-state index contributed by atoms with van der Waals surface area (Å²) in [5.41, 5.74) is 1.09. The van der Waals surface area contributed by atoms with Gasteiger partial charge in [0.25, 0.3) is 0 Å². The van der Waals surface area contributed by atoms with Crippen LogP contribution in [0.1, 0.15) is 31.7 Å². The number of anilines is 2. The molecule has 0 radical (unpaired) electrons. The van der Waals surface area contributed by atoms with Crippen molar-refractivity contribution in [3.63, 3.8) is 0 Å². The van der Waals surface area contributed by atoms with E-state index in [4.69, 9.17) is 0 Å². The van der Waals surface area contributed by atoms with Crippen LogP contribution < -0.4 is 10.6 Å². The fraction of sp³-hybridized carbons (Fsp3) is 0.222. The summed E-state index contributed by atoms with van der Waals surface area (Å²) < 4.78 is 39.4. The van der Waals surface area contributed by atoms with Gasteiger partial charge in [0.1, 0.15) is 6.42 Å². The first-order chi connectivity index (χ1) is 11.8. The van der Waals surface area contributed by atoms with Gasteiger partial charge in [-0.2, -0.15) is 0 Å². The van der Waals surface area contributed by atoms with Crippen molar-refractivity contribution in [1.82, 2.24) is 0 Å². The lowest BCUT2D eigenvalue weighted by atomic mass is 10.0. The summed E-state index contributed by atoms with van der Waals surface area (Å²) in [6.07, 6.45) is -0.593. The molecule has 0 saturated heterocycles. The third-order valence-electron chi connectivity index (χ3n) is 3.49. The van der Waals surface area contributed by atoms with Crippen molar-refractivity contribution >= 4 is 23.2 Å². The summed E-state index contributed by atoms with van der Waals surface area (Å²) in [5.74, 6) is -5.68. The Kier molecular flexibility index (Phi) is 5.80. The van der Waals surface area contributed by atoms with Crippen molar-refractivity contribution in [2.24, 2.45) is 0 Å². The summed E-state index contributed by atoms with van der Waals surface area (Å²) >= 11 is 0. The van der Waals surface area contributed by atoms with E-state index >= 15 is 0 Å². The first kappa shape index (κ1) is 18.5. The molecule has 25 heavy (non-hydrogen) atoms. The van der Waals surface area contributed by atoms with Crippen LogP contribution >= 0.6 is 0 Å². The second-order valence-corrected chi connectivity index (χ2v) is 5.77. The fourth-order valence-corrected chi connectivity index (χ4v) is 2.12. The molecule has 2 rings (SSSR count). The lowest BCUT2D eigenvalue weighted by Gasteiger charge is -2.09. The molecule has 132 valence electrons. The van der Waals surface area contributed by atoms with Gasteiger partial charge in [-0.05, 0) is 35.7 Å². The van der Waals surface area contributed by atoms with E-state index in [9.17, 15) is 22.8 Å². The average Bonchev–Trinajstić information content (AvgIpc) is 2.55. The van der Waals surface area contributed by atoms with Crippen molar-refractivity contribution in [3.05, 3.63) is 59.4 Å². The van der Waals surface area contributed by atoms with Crippen molar-refractivity contribution in [2.75, 3.05) is 10.6 Å². The van der Waals surface area contributed by atoms with E-state index in [1.165, 1.54) is 0 Å². The van der Waals surface area contributed by atoms with E-state index in [0.29, 0.717) is 17.7 Å². The van der Waals surface area contributed by atoms with Crippen LogP contribution in [0.2, 0.25) is 0 Å². The smallest absolute Gasteiger partial charge is 0.233 e. The monoisotopic (exact) mass is 350 g/mol. The third kappa shape index (κ3) is 4.82. The van der Waals surface area contributed by atoms with Gasteiger partial charge in [0.15, 0.2) is 17.5 Å². The van der Waals surface area contributed by atoms with Crippen LogP contribution in [0.3, 0.4) is 0 Å². The number of amides is 2. The van der Waals surface area contributed by atoms with Gasteiger partial charge in [0, 0.05) is 5.69 Å². The number of carbonyl (C=O) groups excluding carboxylic acids is 2. The van der Waals surface area contributed by atoms with Crippen LogP contribution in [-0.4, -0.2) is 11.8 Å². The van der Waals surface area contributed by atoms with Gasteiger partial charge in [-0.1, -0.05) is 26.0 Å². The quantitative estimate of drug-likeness (QED) is 0.627. The van der Waals surface area contributed by atoms with E-state index in [1.54, 1.807) is 12.1 Å². The molecule has 0 fully saturated rings. The maximum Gasteiger partial charge on any atom is 0.233 e. The number of benzene rings is 2. The van der Waals surface area contributed by atoms with Gasteiger partial charge >= 0.3 is 0 Å². The summed E-state index contributed by atoms with van der Waals surface area (Å²) in [4.78, 5) is 23.6. The van der Waals surface area contributed by atoms with Crippen LogP contribution in [-0.2, 0) is 9.59 Å².